The number of hydrazone groups is 2. The number of carbonyl (C=O) groups is 3. The average Bonchev–Trinajstić information content (AvgIpc) is 2.92. The largest absolute Gasteiger partial charge is 0.744 e. The Morgan fingerprint density at radius 2 is 1.51 bits per heavy atom. The molecular weight excluding hydrogens is 554 g/mol. The Morgan fingerprint density at radius 1 is 0.878 bits per heavy atom. The summed E-state index contributed by atoms with van der Waals surface area (Å²) in [7, 11) is -5.08. The van der Waals surface area contributed by atoms with Gasteiger partial charge in [-0.05, 0) is 48.1 Å². The van der Waals surface area contributed by atoms with Crippen LogP contribution in [-0.2, 0) is 19.7 Å². The SMILES string of the molecule is Nc1ccc2c(c1)C(=O)C(=NNc1ccc(NN=C3C=CC(=O)C(=C([O-])O)C3=O)c3ccccc13)C(S(=O)(=O)[O-])=C2. The molecule has 0 bridgehead atoms. The fourth-order valence-electron chi connectivity index (χ4n) is 4.22. The first-order valence-corrected chi connectivity index (χ1v) is 13.0. The number of benzene rings is 3. The predicted molar refractivity (Wildman–Crippen MR) is 148 cm³/mol. The maximum atomic E-state index is 13.1. The molecule has 0 saturated carbocycles. The highest BCUT2D eigenvalue weighted by Gasteiger charge is 2.30. The zero-order valence-corrected chi connectivity index (χ0v) is 21.4. The molecule has 206 valence electrons. The number of nitrogens with one attached hydrogen (secondary N) is 2. The molecule has 0 fully saturated rings. The van der Waals surface area contributed by atoms with Gasteiger partial charge in [0.15, 0.2) is 5.78 Å². The third-order valence-electron chi connectivity index (χ3n) is 6.15. The van der Waals surface area contributed by atoms with E-state index in [0.29, 0.717) is 22.1 Å². The molecule has 0 amide bonds. The van der Waals surface area contributed by atoms with Crippen LogP contribution in [-0.4, -0.2) is 46.9 Å². The maximum Gasteiger partial charge on any atom is 0.218 e. The van der Waals surface area contributed by atoms with Crippen molar-refractivity contribution in [3.63, 3.8) is 0 Å². The second-order valence-electron chi connectivity index (χ2n) is 8.73. The van der Waals surface area contributed by atoms with Crippen LogP contribution in [0.25, 0.3) is 16.8 Å². The number of Topliss-reactive ketones (excluding diaryl/α,β-unsaturated/α-hetero) is 2. The number of ketones is 3. The molecule has 2 aliphatic carbocycles. The summed E-state index contributed by atoms with van der Waals surface area (Å²) < 4.78 is 35.9. The molecular formula is C27H17N5O8S-2. The molecule has 0 atom stereocenters. The highest BCUT2D eigenvalue weighted by molar-refractivity contribution is 7.91. The van der Waals surface area contributed by atoms with Crippen LogP contribution in [0.4, 0.5) is 17.1 Å². The number of nitrogens with zero attached hydrogens (tertiary/aromatic N) is 2. The molecule has 2 aliphatic rings. The summed E-state index contributed by atoms with van der Waals surface area (Å²) in [6.07, 6.45) is 3.09. The molecule has 13 nitrogen and oxygen atoms in total. The number of aliphatic hydroxyl groups is 1. The summed E-state index contributed by atoms with van der Waals surface area (Å²) in [6.45, 7) is 0. The van der Waals surface area contributed by atoms with Gasteiger partial charge in [-0.25, -0.2) is 8.42 Å². The molecule has 0 aliphatic heterocycles. The van der Waals surface area contributed by atoms with Crippen molar-refractivity contribution in [2.75, 3.05) is 16.6 Å². The van der Waals surface area contributed by atoms with Crippen molar-refractivity contribution in [3.05, 3.63) is 94.3 Å². The number of aliphatic hydroxyl groups excluding tert-OH is 1. The number of rotatable bonds is 5. The smallest absolute Gasteiger partial charge is 0.218 e. The molecule has 5 N–H and O–H groups in total. The fraction of sp³-hybridized carbons (Fsp3) is 0. The Bertz CT molecular complexity index is 1950. The minimum absolute atomic E-state index is 0.0813. The number of fused-ring (bicyclic) bond motifs is 2. The summed E-state index contributed by atoms with van der Waals surface area (Å²) in [5.41, 5.74) is 10.5. The topological polar surface area (TPSA) is 226 Å². The van der Waals surface area contributed by atoms with Crippen molar-refractivity contribution < 1.29 is 37.6 Å². The number of anilines is 3. The number of carbonyl (C=O) groups excluding carboxylic acids is 3. The molecule has 0 heterocycles. The first kappa shape index (κ1) is 27.0. The lowest BCUT2D eigenvalue weighted by atomic mass is 9.94. The van der Waals surface area contributed by atoms with E-state index in [1.165, 1.54) is 30.3 Å². The Hall–Kier alpha value is -5.60. The van der Waals surface area contributed by atoms with Gasteiger partial charge in [0.05, 0.1) is 27.8 Å². The predicted octanol–water partition coefficient (Wildman–Crippen LogP) is 1.58. The summed E-state index contributed by atoms with van der Waals surface area (Å²) >= 11 is 0. The molecule has 0 saturated heterocycles. The monoisotopic (exact) mass is 571 g/mol. The van der Waals surface area contributed by atoms with Crippen LogP contribution in [0.15, 0.2) is 93.4 Å². The summed E-state index contributed by atoms with van der Waals surface area (Å²) in [5.74, 6) is -4.45. The first-order valence-electron chi connectivity index (χ1n) is 11.6. The molecule has 3 aromatic rings. The van der Waals surface area contributed by atoms with Gasteiger partial charge in [0.25, 0.3) is 0 Å². The first-order chi connectivity index (χ1) is 19.5. The molecule has 0 aromatic heterocycles. The van der Waals surface area contributed by atoms with Gasteiger partial charge in [0.2, 0.25) is 11.6 Å². The van der Waals surface area contributed by atoms with Crippen LogP contribution in [0.5, 0.6) is 0 Å². The quantitative estimate of drug-likeness (QED) is 0.0858. The lowest BCUT2D eigenvalue weighted by Crippen LogP contribution is -2.28. The van der Waals surface area contributed by atoms with E-state index >= 15 is 0 Å². The summed E-state index contributed by atoms with van der Waals surface area (Å²) in [4.78, 5) is 36.4. The molecule has 3 aromatic carbocycles. The second kappa shape index (κ2) is 10.2. The van der Waals surface area contributed by atoms with E-state index in [0.717, 1.165) is 18.2 Å². The van der Waals surface area contributed by atoms with Gasteiger partial charge >= 0.3 is 0 Å². The zero-order valence-electron chi connectivity index (χ0n) is 20.6. The number of allylic oxidation sites excluding steroid dienone is 4. The van der Waals surface area contributed by atoms with Gasteiger partial charge < -0.3 is 20.5 Å². The molecule has 5 rings (SSSR count). The van der Waals surface area contributed by atoms with Crippen molar-refractivity contribution in [1.29, 1.82) is 0 Å². The number of hydrogen-bond acceptors (Lipinski definition) is 13. The van der Waals surface area contributed by atoms with E-state index in [-0.39, 0.29) is 22.5 Å². The third-order valence-corrected chi connectivity index (χ3v) is 7.00. The van der Waals surface area contributed by atoms with Gasteiger partial charge in [0, 0.05) is 22.0 Å². The highest BCUT2D eigenvalue weighted by atomic mass is 32.2. The average molecular weight is 572 g/mol. The Kier molecular flexibility index (Phi) is 6.70. The van der Waals surface area contributed by atoms with E-state index < -0.39 is 49.6 Å². The normalized spacial score (nSPS) is 18.5. The van der Waals surface area contributed by atoms with Gasteiger partial charge in [-0.2, -0.15) is 10.2 Å². The fourth-order valence-corrected chi connectivity index (χ4v) is 4.86. The van der Waals surface area contributed by atoms with Crippen LogP contribution in [0, 0.1) is 0 Å². The van der Waals surface area contributed by atoms with Crippen LogP contribution < -0.4 is 21.7 Å². The van der Waals surface area contributed by atoms with Crippen molar-refractivity contribution in [3.8, 4) is 0 Å². The number of nitrogens with two attached hydrogens (primary N) is 1. The van der Waals surface area contributed by atoms with Crippen molar-refractivity contribution in [2.24, 2.45) is 10.2 Å². The van der Waals surface area contributed by atoms with E-state index in [9.17, 15) is 32.5 Å². The van der Waals surface area contributed by atoms with E-state index in [1.807, 2.05) is 0 Å². The van der Waals surface area contributed by atoms with E-state index in [1.54, 1.807) is 24.3 Å². The Morgan fingerprint density at radius 3 is 2.12 bits per heavy atom. The third kappa shape index (κ3) is 5.07. The summed E-state index contributed by atoms with van der Waals surface area (Å²) in [5, 5.41) is 29.4. The Balaban J connectivity index is 1.51. The van der Waals surface area contributed by atoms with Gasteiger partial charge in [0.1, 0.15) is 21.5 Å². The van der Waals surface area contributed by atoms with Crippen LogP contribution in [0.2, 0.25) is 0 Å². The van der Waals surface area contributed by atoms with Gasteiger partial charge in [-0.3, -0.25) is 25.2 Å². The maximum absolute atomic E-state index is 13.1. The lowest BCUT2D eigenvalue weighted by Gasteiger charge is -2.20. The van der Waals surface area contributed by atoms with Crippen molar-refractivity contribution in [1.82, 2.24) is 0 Å². The minimum Gasteiger partial charge on any atom is -0.744 e. The highest BCUT2D eigenvalue weighted by Crippen LogP contribution is 2.31. The number of nitrogen functional groups attached to an aromatic ring is 1. The standard InChI is InChI=1S/C27H19N5O8S/c28-14-6-5-13-11-22(41(38,39)40)24(25(34)17(13)12-14)32-30-19-8-7-18(15-3-1-2-4-16(15)19)29-31-20-9-10-21(33)23(26(20)35)27(36)37/h1-12,29-30,36-37H,28H2,(H,38,39,40)/p-2. The van der Waals surface area contributed by atoms with Gasteiger partial charge in [-0.1, -0.05) is 30.3 Å². The Labute approximate surface area is 231 Å². The summed E-state index contributed by atoms with van der Waals surface area (Å²) in [6, 6.07) is 14.0. The van der Waals surface area contributed by atoms with Crippen LogP contribution in [0.1, 0.15) is 15.9 Å². The van der Waals surface area contributed by atoms with Crippen LogP contribution >= 0.6 is 0 Å². The van der Waals surface area contributed by atoms with Crippen molar-refractivity contribution in [2.45, 2.75) is 0 Å². The number of hydrogen-bond donors (Lipinski definition) is 4. The molecule has 41 heavy (non-hydrogen) atoms. The zero-order chi connectivity index (χ0) is 29.5. The van der Waals surface area contributed by atoms with E-state index in [2.05, 4.69) is 21.1 Å². The lowest BCUT2D eigenvalue weighted by molar-refractivity contribution is -0.349. The minimum atomic E-state index is -5.08. The van der Waals surface area contributed by atoms with Gasteiger partial charge in [-0.15, -0.1) is 0 Å². The van der Waals surface area contributed by atoms with Crippen LogP contribution in [0.3, 0.4) is 0 Å². The molecule has 0 spiro atoms. The second-order valence-corrected chi connectivity index (χ2v) is 10.1. The van der Waals surface area contributed by atoms with E-state index in [4.69, 9.17) is 10.8 Å². The molecule has 0 unspecified atom stereocenters. The van der Waals surface area contributed by atoms with Crippen molar-refractivity contribution >= 4 is 72.8 Å². The molecule has 14 heteroatoms. The molecule has 0 radical (unpaired) electrons.